The number of fused-ring (bicyclic) bond motifs is 3. The van der Waals surface area contributed by atoms with E-state index in [1.165, 1.54) is 6.07 Å². The van der Waals surface area contributed by atoms with Crippen molar-refractivity contribution < 1.29 is 4.92 Å². The fourth-order valence-electron chi connectivity index (χ4n) is 2.72. The van der Waals surface area contributed by atoms with Gasteiger partial charge in [-0.3, -0.25) is 15.1 Å². The van der Waals surface area contributed by atoms with Crippen molar-refractivity contribution in [3.63, 3.8) is 0 Å². The van der Waals surface area contributed by atoms with E-state index in [4.69, 9.17) is 0 Å². The zero-order chi connectivity index (χ0) is 17.1. The summed E-state index contributed by atoms with van der Waals surface area (Å²) in [5.41, 5.74) is 0.845. The SMILES string of the molecule is CC(C)(C)c1nnc2n1N1C(=CSC1c1cccc([N+](=O)[O-])c1)S2. The molecular weight excluding hydrogens is 346 g/mol. The van der Waals surface area contributed by atoms with Crippen LogP contribution in [0.4, 0.5) is 5.69 Å². The lowest BCUT2D eigenvalue weighted by molar-refractivity contribution is -0.384. The molecule has 0 saturated carbocycles. The molecule has 9 heteroatoms. The third kappa shape index (κ3) is 2.30. The standard InChI is InChI=1S/C15H15N5O2S2/c1-15(2,3)13-16-17-14-19(13)18-11(24-14)8-23-12(18)9-5-4-6-10(7-9)20(21)22/h4-8,12H,1-3H3. The molecule has 0 aliphatic carbocycles. The number of benzene rings is 1. The van der Waals surface area contributed by atoms with Gasteiger partial charge in [-0.2, -0.15) is 0 Å². The third-order valence-electron chi connectivity index (χ3n) is 3.81. The smallest absolute Gasteiger partial charge is 0.258 e. The van der Waals surface area contributed by atoms with Crippen molar-refractivity contribution in [1.82, 2.24) is 14.9 Å². The van der Waals surface area contributed by atoms with Crippen LogP contribution in [0, 0.1) is 10.1 Å². The van der Waals surface area contributed by atoms with Crippen LogP contribution in [0.2, 0.25) is 0 Å². The maximum absolute atomic E-state index is 11.1. The Kier molecular flexibility index (Phi) is 3.40. The first kappa shape index (κ1) is 15.5. The van der Waals surface area contributed by atoms with Crippen LogP contribution in [0.3, 0.4) is 0 Å². The van der Waals surface area contributed by atoms with Crippen molar-refractivity contribution in [2.45, 2.75) is 36.7 Å². The minimum atomic E-state index is -0.360. The molecule has 1 unspecified atom stereocenters. The van der Waals surface area contributed by atoms with Gasteiger partial charge in [0.05, 0.1) is 4.92 Å². The first-order valence-corrected chi connectivity index (χ1v) is 9.15. The summed E-state index contributed by atoms with van der Waals surface area (Å²) in [5, 5.41) is 25.8. The molecule has 3 heterocycles. The van der Waals surface area contributed by atoms with Gasteiger partial charge in [0.2, 0.25) is 5.16 Å². The van der Waals surface area contributed by atoms with Crippen LogP contribution >= 0.6 is 23.5 Å². The Bertz CT molecular complexity index is 871. The van der Waals surface area contributed by atoms with Gasteiger partial charge in [-0.25, -0.2) is 4.68 Å². The van der Waals surface area contributed by atoms with Crippen LogP contribution < -0.4 is 5.01 Å². The summed E-state index contributed by atoms with van der Waals surface area (Å²) in [7, 11) is 0. The molecule has 1 aromatic heterocycles. The number of rotatable bonds is 2. The third-order valence-corrected chi connectivity index (χ3v) is 6.00. The molecule has 0 fully saturated rings. The van der Waals surface area contributed by atoms with Crippen LogP contribution in [0.15, 0.2) is 39.9 Å². The highest BCUT2D eigenvalue weighted by atomic mass is 32.2. The van der Waals surface area contributed by atoms with Crippen LogP contribution in [-0.2, 0) is 5.41 Å². The topological polar surface area (TPSA) is 77.1 Å². The number of thioether (sulfide) groups is 2. The predicted octanol–water partition coefficient (Wildman–Crippen LogP) is 3.77. The maximum Gasteiger partial charge on any atom is 0.269 e. The molecule has 4 rings (SSSR count). The van der Waals surface area contributed by atoms with Crippen LogP contribution in [-0.4, -0.2) is 19.8 Å². The normalized spacial score (nSPS) is 19.2. The summed E-state index contributed by atoms with van der Waals surface area (Å²) in [6.45, 7) is 6.30. The summed E-state index contributed by atoms with van der Waals surface area (Å²) < 4.78 is 2.04. The second-order valence-electron chi connectivity index (χ2n) is 6.61. The monoisotopic (exact) mass is 361 g/mol. The van der Waals surface area contributed by atoms with E-state index in [9.17, 15) is 10.1 Å². The number of hydrogen-bond donors (Lipinski definition) is 0. The van der Waals surface area contributed by atoms with E-state index < -0.39 is 0 Å². The quantitative estimate of drug-likeness (QED) is 0.595. The maximum atomic E-state index is 11.1. The lowest BCUT2D eigenvalue weighted by Gasteiger charge is -2.28. The number of nitro benzene ring substituents is 1. The molecule has 2 aromatic rings. The highest BCUT2D eigenvalue weighted by molar-refractivity contribution is 8.07. The molecule has 7 nitrogen and oxygen atoms in total. The lowest BCUT2D eigenvalue weighted by Crippen LogP contribution is -2.34. The first-order valence-electron chi connectivity index (χ1n) is 7.39. The molecule has 0 saturated heterocycles. The molecule has 124 valence electrons. The lowest BCUT2D eigenvalue weighted by atomic mass is 9.96. The van der Waals surface area contributed by atoms with Crippen molar-refractivity contribution in [2.24, 2.45) is 0 Å². The van der Waals surface area contributed by atoms with Crippen molar-refractivity contribution in [3.8, 4) is 0 Å². The summed E-state index contributed by atoms with van der Waals surface area (Å²) in [4.78, 5) is 10.7. The van der Waals surface area contributed by atoms with Gasteiger partial charge in [-0.05, 0) is 17.3 Å². The minimum Gasteiger partial charge on any atom is -0.258 e. The molecule has 0 spiro atoms. The fourth-order valence-corrected chi connectivity index (χ4v) is 4.94. The zero-order valence-electron chi connectivity index (χ0n) is 13.3. The molecule has 2 aliphatic rings. The molecule has 0 amide bonds. The van der Waals surface area contributed by atoms with Crippen molar-refractivity contribution in [3.05, 3.63) is 56.2 Å². The number of hydrogen-bond acceptors (Lipinski definition) is 7. The Morgan fingerprint density at radius 2 is 2.08 bits per heavy atom. The van der Waals surface area contributed by atoms with E-state index in [2.05, 4.69) is 41.4 Å². The Morgan fingerprint density at radius 3 is 2.79 bits per heavy atom. The molecule has 0 bridgehead atoms. The fraction of sp³-hybridized carbons (Fsp3) is 0.333. The Morgan fingerprint density at radius 1 is 1.29 bits per heavy atom. The largest absolute Gasteiger partial charge is 0.269 e. The Hall–Kier alpha value is -2.00. The minimum absolute atomic E-state index is 0.0641. The van der Waals surface area contributed by atoms with Crippen molar-refractivity contribution in [1.29, 1.82) is 0 Å². The Balaban J connectivity index is 1.78. The van der Waals surface area contributed by atoms with Gasteiger partial charge in [0.15, 0.2) is 5.82 Å². The van der Waals surface area contributed by atoms with Crippen LogP contribution in [0.5, 0.6) is 0 Å². The highest BCUT2D eigenvalue weighted by Gasteiger charge is 2.41. The first-order chi connectivity index (χ1) is 11.4. The van der Waals surface area contributed by atoms with E-state index in [0.29, 0.717) is 0 Å². The van der Waals surface area contributed by atoms with E-state index in [-0.39, 0.29) is 21.4 Å². The zero-order valence-corrected chi connectivity index (χ0v) is 15.0. The van der Waals surface area contributed by atoms with Gasteiger partial charge >= 0.3 is 0 Å². The average Bonchev–Trinajstić information content (AvgIpc) is 3.16. The molecule has 24 heavy (non-hydrogen) atoms. The summed E-state index contributed by atoms with van der Waals surface area (Å²) in [6, 6.07) is 6.80. The van der Waals surface area contributed by atoms with Gasteiger partial charge < -0.3 is 0 Å². The van der Waals surface area contributed by atoms with E-state index in [1.807, 2.05) is 10.7 Å². The highest BCUT2D eigenvalue weighted by Crippen LogP contribution is 2.52. The van der Waals surface area contributed by atoms with Gasteiger partial charge in [0.25, 0.3) is 5.69 Å². The molecular formula is C15H15N5O2S2. The molecule has 0 radical (unpaired) electrons. The van der Waals surface area contributed by atoms with Gasteiger partial charge in [0.1, 0.15) is 10.4 Å². The van der Waals surface area contributed by atoms with Gasteiger partial charge in [-0.15, -0.1) is 10.2 Å². The summed E-state index contributed by atoms with van der Waals surface area (Å²) in [5.74, 6) is 0.881. The predicted molar refractivity (Wildman–Crippen MR) is 94.3 cm³/mol. The Labute approximate surface area is 147 Å². The van der Waals surface area contributed by atoms with Crippen molar-refractivity contribution >= 4 is 29.2 Å². The molecule has 0 N–H and O–H groups in total. The summed E-state index contributed by atoms with van der Waals surface area (Å²) >= 11 is 3.21. The van der Waals surface area contributed by atoms with E-state index >= 15 is 0 Å². The molecule has 1 atom stereocenters. The van der Waals surface area contributed by atoms with Crippen molar-refractivity contribution in [2.75, 3.05) is 5.01 Å². The van der Waals surface area contributed by atoms with E-state index in [1.54, 1.807) is 35.7 Å². The number of nitrogens with zero attached hydrogens (tertiary/aromatic N) is 5. The van der Waals surface area contributed by atoms with Gasteiger partial charge in [-0.1, -0.05) is 44.7 Å². The van der Waals surface area contributed by atoms with E-state index in [0.717, 1.165) is 21.6 Å². The van der Waals surface area contributed by atoms with Gasteiger partial charge in [0, 0.05) is 23.0 Å². The second-order valence-corrected chi connectivity index (χ2v) is 8.55. The number of non-ortho nitro benzene ring substituents is 1. The van der Waals surface area contributed by atoms with Crippen LogP contribution in [0.25, 0.3) is 0 Å². The summed E-state index contributed by atoms with van der Waals surface area (Å²) in [6.07, 6.45) is 0. The molecule has 1 aromatic carbocycles. The second kappa shape index (κ2) is 5.25. The average molecular weight is 361 g/mol. The number of nitro groups is 1. The number of aromatic nitrogens is 3. The van der Waals surface area contributed by atoms with Crippen LogP contribution in [0.1, 0.15) is 37.5 Å². The molecule has 2 aliphatic heterocycles.